The Bertz CT molecular complexity index is 853. The summed E-state index contributed by atoms with van der Waals surface area (Å²) >= 11 is 0. The van der Waals surface area contributed by atoms with Gasteiger partial charge >= 0.3 is 0 Å². The molecule has 3 heteroatoms. The Morgan fingerprint density at radius 3 is 2.55 bits per heavy atom. The predicted octanol–water partition coefficient (Wildman–Crippen LogP) is 4.33. The van der Waals surface area contributed by atoms with E-state index in [2.05, 4.69) is 72.2 Å². The second-order valence-corrected chi connectivity index (χ2v) is 6.37. The highest BCUT2D eigenvalue weighted by molar-refractivity contribution is 5.79. The topological polar surface area (TPSA) is 31.9 Å². The van der Waals surface area contributed by atoms with Gasteiger partial charge in [-0.25, -0.2) is 4.98 Å². The number of aromatic nitrogens is 2. The molecule has 110 valence electrons. The third-order valence-corrected chi connectivity index (χ3v) is 4.62. The number of nitrogens with one attached hydrogen (secondary N) is 1. The van der Waals surface area contributed by atoms with Crippen molar-refractivity contribution in [3.8, 4) is 0 Å². The van der Waals surface area contributed by atoms with Gasteiger partial charge in [0.2, 0.25) is 0 Å². The van der Waals surface area contributed by atoms with Crippen molar-refractivity contribution in [1.82, 2.24) is 9.97 Å². The highest BCUT2D eigenvalue weighted by Gasteiger charge is 2.38. The first-order valence-electron chi connectivity index (χ1n) is 7.57. The van der Waals surface area contributed by atoms with Crippen molar-refractivity contribution in [2.45, 2.75) is 19.3 Å². The van der Waals surface area contributed by atoms with Crippen LogP contribution in [0.25, 0.3) is 17.1 Å². The molecule has 1 aliphatic heterocycles. The van der Waals surface area contributed by atoms with Gasteiger partial charge in [0.05, 0.1) is 11.0 Å². The van der Waals surface area contributed by atoms with Crippen LogP contribution in [0.4, 0.5) is 5.69 Å². The average Bonchev–Trinajstić information content (AvgIpc) is 3.01. The van der Waals surface area contributed by atoms with E-state index >= 15 is 0 Å². The van der Waals surface area contributed by atoms with Crippen LogP contribution in [0.5, 0.6) is 0 Å². The molecule has 0 amide bonds. The summed E-state index contributed by atoms with van der Waals surface area (Å²) in [6.45, 7) is 4.54. The maximum Gasteiger partial charge on any atom is 0.132 e. The van der Waals surface area contributed by atoms with Crippen LogP contribution in [0.2, 0.25) is 0 Å². The second-order valence-electron chi connectivity index (χ2n) is 6.37. The Morgan fingerprint density at radius 1 is 1.05 bits per heavy atom. The number of hydrogen-bond donors (Lipinski definition) is 1. The molecule has 4 rings (SSSR count). The fraction of sp³-hybridized carbons (Fsp3) is 0.211. The Morgan fingerprint density at radius 2 is 1.77 bits per heavy atom. The summed E-state index contributed by atoms with van der Waals surface area (Å²) in [4.78, 5) is 10.3. The molecule has 1 aliphatic rings. The Hall–Kier alpha value is -2.55. The van der Waals surface area contributed by atoms with Crippen molar-refractivity contribution in [3.63, 3.8) is 0 Å². The maximum absolute atomic E-state index is 4.68. The van der Waals surface area contributed by atoms with Gasteiger partial charge in [-0.2, -0.15) is 0 Å². The smallest absolute Gasteiger partial charge is 0.132 e. The van der Waals surface area contributed by atoms with E-state index in [9.17, 15) is 0 Å². The lowest BCUT2D eigenvalue weighted by Crippen LogP contribution is -2.22. The van der Waals surface area contributed by atoms with E-state index in [0.717, 1.165) is 16.9 Å². The summed E-state index contributed by atoms with van der Waals surface area (Å²) in [5.41, 5.74) is 5.95. The number of hydrogen-bond acceptors (Lipinski definition) is 2. The molecule has 0 fully saturated rings. The van der Waals surface area contributed by atoms with Gasteiger partial charge in [0, 0.05) is 29.9 Å². The van der Waals surface area contributed by atoms with Crippen LogP contribution in [0.1, 0.15) is 25.2 Å². The van der Waals surface area contributed by atoms with Crippen molar-refractivity contribution in [3.05, 3.63) is 65.6 Å². The lowest BCUT2D eigenvalue weighted by atomic mass is 9.84. The molecule has 22 heavy (non-hydrogen) atoms. The largest absolute Gasteiger partial charge is 0.347 e. The molecule has 1 N–H and O–H groups in total. The summed E-state index contributed by atoms with van der Waals surface area (Å²) < 4.78 is 0. The minimum absolute atomic E-state index is 0.0235. The third kappa shape index (κ3) is 1.78. The van der Waals surface area contributed by atoms with E-state index in [4.69, 9.17) is 0 Å². The molecule has 0 radical (unpaired) electrons. The van der Waals surface area contributed by atoms with Gasteiger partial charge in [0.1, 0.15) is 5.82 Å². The number of likely N-dealkylation sites (N-methyl/N-ethyl adjacent to an activating group) is 1. The van der Waals surface area contributed by atoms with Crippen molar-refractivity contribution in [1.29, 1.82) is 0 Å². The highest BCUT2D eigenvalue weighted by Crippen LogP contribution is 2.47. The normalized spacial score (nSPS) is 18.1. The molecule has 0 spiro atoms. The maximum atomic E-state index is 4.68. The van der Waals surface area contributed by atoms with Gasteiger partial charge in [0.15, 0.2) is 0 Å². The summed E-state index contributed by atoms with van der Waals surface area (Å²) in [5.74, 6) is 0.906. The van der Waals surface area contributed by atoms with E-state index in [1.807, 2.05) is 18.2 Å². The van der Waals surface area contributed by atoms with Gasteiger partial charge in [0.25, 0.3) is 0 Å². The summed E-state index contributed by atoms with van der Waals surface area (Å²) in [7, 11) is 2.13. The third-order valence-electron chi connectivity index (χ3n) is 4.62. The zero-order chi connectivity index (χ0) is 15.3. The molecule has 3 nitrogen and oxygen atoms in total. The molecule has 2 heterocycles. The molecule has 0 aliphatic carbocycles. The minimum atomic E-state index is -0.0235. The molecule has 0 saturated carbocycles. The van der Waals surface area contributed by atoms with E-state index < -0.39 is 0 Å². The van der Waals surface area contributed by atoms with Crippen LogP contribution < -0.4 is 4.90 Å². The Labute approximate surface area is 130 Å². The average molecular weight is 289 g/mol. The number of H-pyrrole nitrogens is 1. The number of aromatic amines is 1. The first-order valence-corrected chi connectivity index (χ1v) is 7.57. The fourth-order valence-corrected chi connectivity index (χ4v) is 3.43. The first kappa shape index (κ1) is 13.1. The van der Waals surface area contributed by atoms with E-state index in [0.29, 0.717) is 0 Å². The lowest BCUT2D eigenvalue weighted by Gasteiger charge is -2.23. The van der Waals surface area contributed by atoms with Crippen LogP contribution in [-0.4, -0.2) is 17.0 Å². The van der Waals surface area contributed by atoms with Gasteiger partial charge < -0.3 is 9.88 Å². The molecule has 0 unspecified atom stereocenters. The van der Waals surface area contributed by atoms with Crippen LogP contribution in [0, 0.1) is 0 Å². The van der Waals surface area contributed by atoms with Crippen molar-refractivity contribution >= 4 is 22.8 Å². The number of fused-ring (bicyclic) bond motifs is 2. The summed E-state index contributed by atoms with van der Waals surface area (Å²) in [6, 6.07) is 16.7. The number of allylic oxidation sites excluding steroid dienone is 1. The van der Waals surface area contributed by atoms with Crippen LogP contribution in [-0.2, 0) is 5.41 Å². The SMILES string of the molecule is CN1C(=Cc2nc3ccccc3[nH]2)C(C)(C)c2ccccc21. The summed E-state index contributed by atoms with van der Waals surface area (Å²) in [5, 5.41) is 0. The quantitative estimate of drug-likeness (QED) is 0.723. The highest BCUT2D eigenvalue weighted by atomic mass is 15.2. The van der Waals surface area contributed by atoms with Crippen LogP contribution in [0.3, 0.4) is 0 Å². The van der Waals surface area contributed by atoms with E-state index in [1.165, 1.54) is 16.9 Å². The first-order chi connectivity index (χ1) is 10.6. The van der Waals surface area contributed by atoms with Crippen LogP contribution in [0.15, 0.2) is 54.2 Å². The number of anilines is 1. The number of rotatable bonds is 1. The van der Waals surface area contributed by atoms with E-state index in [1.54, 1.807) is 0 Å². The van der Waals surface area contributed by atoms with Gasteiger partial charge in [-0.15, -0.1) is 0 Å². The van der Waals surface area contributed by atoms with Gasteiger partial charge in [-0.05, 0) is 23.8 Å². The van der Waals surface area contributed by atoms with E-state index in [-0.39, 0.29) is 5.41 Å². The van der Waals surface area contributed by atoms with Gasteiger partial charge in [-0.1, -0.05) is 44.2 Å². The van der Waals surface area contributed by atoms with Crippen molar-refractivity contribution < 1.29 is 0 Å². The molecular weight excluding hydrogens is 270 g/mol. The molecule has 2 aromatic carbocycles. The molecule has 0 saturated heterocycles. The number of para-hydroxylation sites is 3. The molecule has 3 aromatic rings. The lowest BCUT2D eigenvalue weighted by molar-refractivity contribution is 0.644. The van der Waals surface area contributed by atoms with Crippen molar-refractivity contribution in [2.75, 3.05) is 11.9 Å². The molecule has 0 bridgehead atoms. The number of nitrogens with zero attached hydrogens (tertiary/aromatic N) is 2. The Kier molecular flexibility index (Phi) is 2.67. The zero-order valence-corrected chi connectivity index (χ0v) is 13.1. The summed E-state index contributed by atoms with van der Waals surface area (Å²) in [6.07, 6.45) is 2.17. The number of benzene rings is 2. The molecule has 0 atom stereocenters. The second kappa shape index (κ2) is 4.47. The predicted molar refractivity (Wildman–Crippen MR) is 91.9 cm³/mol. The monoisotopic (exact) mass is 289 g/mol. The van der Waals surface area contributed by atoms with Crippen molar-refractivity contribution in [2.24, 2.45) is 0 Å². The zero-order valence-electron chi connectivity index (χ0n) is 13.1. The standard InChI is InChI=1S/C19H19N3/c1-19(2)13-8-4-7-11-16(13)22(3)17(19)12-18-20-14-9-5-6-10-15(14)21-18/h4-12H,1-3H3,(H,20,21). The molecular formula is C19H19N3. The molecule has 1 aromatic heterocycles. The van der Waals surface area contributed by atoms with Gasteiger partial charge in [-0.3, -0.25) is 0 Å². The minimum Gasteiger partial charge on any atom is -0.347 e. The fourth-order valence-electron chi connectivity index (χ4n) is 3.43. The number of imidazole rings is 1. The Balaban J connectivity index is 1.85. The van der Waals surface area contributed by atoms with Crippen LogP contribution >= 0.6 is 0 Å².